The van der Waals surface area contributed by atoms with Gasteiger partial charge in [0.1, 0.15) is 5.82 Å². The third-order valence-electron chi connectivity index (χ3n) is 2.27. The quantitative estimate of drug-likeness (QED) is 0.913. The van der Waals surface area contributed by atoms with Crippen molar-refractivity contribution in [3.63, 3.8) is 0 Å². The summed E-state index contributed by atoms with van der Waals surface area (Å²) in [7, 11) is 0. The first-order valence-electron chi connectivity index (χ1n) is 5.89. The minimum Gasteiger partial charge on any atom is -0.338 e. The lowest BCUT2D eigenvalue weighted by atomic mass is 10.1. The van der Waals surface area contributed by atoms with Crippen LogP contribution in [0.2, 0.25) is 0 Å². The summed E-state index contributed by atoms with van der Waals surface area (Å²) in [5.41, 5.74) is 6.41. The van der Waals surface area contributed by atoms with Crippen molar-refractivity contribution in [2.45, 2.75) is 25.1 Å². The monoisotopic (exact) mass is 281 g/mol. The number of nitrogens with zero attached hydrogens (tertiary/aromatic N) is 2. The molecule has 0 spiro atoms. The lowest BCUT2D eigenvalue weighted by Crippen LogP contribution is -2.34. The molecule has 0 fully saturated rings. The minimum absolute atomic E-state index is 0.218. The number of hydrogen-bond donors (Lipinski definition) is 1. The Balaban J connectivity index is 1.97. The molecule has 2 N–H and O–H groups in total. The minimum atomic E-state index is -0.284. The van der Waals surface area contributed by atoms with Gasteiger partial charge in [0.2, 0.25) is 11.7 Å². The normalized spacial score (nSPS) is 11.8. The molecule has 6 heteroatoms. The van der Waals surface area contributed by atoms with Gasteiger partial charge in [-0.3, -0.25) is 0 Å². The summed E-state index contributed by atoms with van der Waals surface area (Å²) in [5.74, 6) is 2.17. The summed E-state index contributed by atoms with van der Waals surface area (Å²) in [5, 5.41) is 3.88. The molecule has 2 aromatic rings. The highest BCUT2D eigenvalue weighted by molar-refractivity contribution is 7.98. The van der Waals surface area contributed by atoms with Gasteiger partial charge in [0.25, 0.3) is 0 Å². The largest absolute Gasteiger partial charge is 0.338 e. The van der Waals surface area contributed by atoms with E-state index in [1.807, 2.05) is 13.8 Å². The molecule has 19 heavy (non-hydrogen) atoms. The van der Waals surface area contributed by atoms with Gasteiger partial charge in [-0.2, -0.15) is 16.7 Å². The Labute approximate surface area is 115 Å². The van der Waals surface area contributed by atoms with Gasteiger partial charge in [0.15, 0.2) is 0 Å². The van der Waals surface area contributed by atoms with Gasteiger partial charge in [-0.1, -0.05) is 5.16 Å². The Morgan fingerprint density at radius 2 is 2.00 bits per heavy atom. The van der Waals surface area contributed by atoms with E-state index in [1.165, 1.54) is 12.1 Å². The van der Waals surface area contributed by atoms with Crippen LogP contribution in [0, 0.1) is 5.82 Å². The molecule has 0 amide bonds. The summed E-state index contributed by atoms with van der Waals surface area (Å²) in [4.78, 5) is 4.27. The Hall–Kier alpha value is -1.40. The second-order valence-electron chi connectivity index (χ2n) is 5.00. The van der Waals surface area contributed by atoms with Crippen molar-refractivity contribution in [3.8, 4) is 11.4 Å². The van der Waals surface area contributed by atoms with Crippen molar-refractivity contribution in [1.29, 1.82) is 0 Å². The molecule has 1 aromatic carbocycles. The van der Waals surface area contributed by atoms with E-state index < -0.39 is 0 Å². The third kappa shape index (κ3) is 4.33. The molecule has 1 aromatic heterocycles. The van der Waals surface area contributed by atoms with Crippen LogP contribution in [0.4, 0.5) is 4.39 Å². The smallest absolute Gasteiger partial charge is 0.236 e. The lowest BCUT2D eigenvalue weighted by molar-refractivity contribution is 0.391. The van der Waals surface area contributed by atoms with Crippen molar-refractivity contribution < 1.29 is 8.91 Å². The fourth-order valence-corrected chi connectivity index (χ4v) is 2.35. The van der Waals surface area contributed by atoms with Crippen LogP contribution in [0.5, 0.6) is 0 Å². The fraction of sp³-hybridized carbons (Fsp3) is 0.385. The Morgan fingerprint density at radius 3 is 2.63 bits per heavy atom. The van der Waals surface area contributed by atoms with Gasteiger partial charge in [0.05, 0.1) is 5.75 Å². The molecule has 0 saturated heterocycles. The van der Waals surface area contributed by atoms with Crippen LogP contribution in [-0.4, -0.2) is 21.4 Å². The van der Waals surface area contributed by atoms with Gasteiger partial charge < -0.3 is 10.3 Å². The van der Waals surface area contributed by atoms with E-state index in [4.69, 9.17) is 10.3 Å². The number of benzene rings is 1. The third-order valence-corrected chi connectivity index (χ3v) is 3.67. The van der Waals surface area contributed by atoms with Gasteiger partial charge in [0, 0.05) is 16.9 Å². The SMILES string of the molecule is CC(C)(N)CSCc1nc(-c2ccc(F)cc2)no1. The molecule has 0 aliphatic carbocycles. The van der Waals surface area contributed by atoms with Gasteiger partial charge in [-0.05, 0) is 38.1 Å². The van der Waals surface area contributed by atoms with Crippen LogP contribution in [0.15, 0.2) is 28.8 Å². The molecule has 0 atom stereocenters. The van der Waals surface area contributed by atoms with Crippen molar-refractivity contribution in [2.24, 2.45) is 5.73 Å². The van der Waals surface area contributed by atoms with Crippen LogP contribution >= 0.6 is 11.8 Å². The van der Waals surface area contributed by atoms with Crippen LogP contribution in [0.1, 0.15) is 19.7 Å². The summed E-state index contributed by atoms with van der Waals surface area (Å²) < 4.78 is 18.0. The lowest BCUT2D eigenvalue weighted by Gasteiger charge is -2.16. The molecule has 0 radical (unpaired) electrons. The molecule has 0 unspecified atom stereocenters. The van der Waals surface area contributed by atoms with Crippen molar-refractivity contribution in [2.75, 3.05) is 5.75 Å². The van der Waals surface area contributed by atoms with Gasteiger partial charge in [-0.25, -0.2) is 4.39 Å². The second kappa shape index (κ2) is 5.71. The first-order valence-corrected chi connectivity index (χ1v) is 7.05. The zero-order valence-corrected chi connectivity index (χ0v) is 11.7. The number of nitrogens with two attached hydrogens (primary N) is 1. The van der Waals surface area contributed by atoms with E-state index in [0.717, 1.165) is 11.3 Å². The number of hydrogen-bond acceptors (Lipinski definition) is 5. The average Bonchev–Trinajstić information content (AvgIpc) is 2.77. The highest BCUT2D eigenvalue weighted by Crippen LogP contribution is 2.19. The van der Waals surface area contributed by atoms with E-state index in [9.17, 15) is 4.39 Å². The zero-order chi connectivity index (χ0) is 13.9. The molecule has 102 valence electrons. The van der Waals surface area contributed by atoms with Crippen LogP contribution < -0.4 is 5.73 Å². The maximum atomic E-state index is 12.8. The van der Waals surface area contributed by atoms with E-state index >= 15 is 0 Å². The first-order chi connectivity index (χ1) is 8.94. The molecule has 0 saturated carbocycles. The summed E-state index contributed by atoms with van der Waals surface area (Å²) in [6.45, 7) is 3.94. The molecule has 2 rings (SSSR count). The molecular formula is C13H16FN3OS. The molecule has 0 bridgehead atoms. The standard InChI is InChI=1S/C13H16FN3OS/c1-13(2,15)8-19-7-11-16-12(17-18-11)9-3-5-10(14)6-4-9/h3-6H,7-8,15H2,1-2H3. The number of aromatic nitrogens is 2. The predicted molar refractivity (Wildman–Crippen MR) is 74.1 cm³/mol. The average molecular weight is 281 g/mol. The number of halogens is 1. The summed E-state index contributed by atoms with van der Waals surface area (Å²) >= 11 is 1.64. The Morgan fingerprint density at radius 1 is 1.32 bits per heavy atom. The highest BCUT2D eigenvalue weighted by atomic mass is 32.2. The van der Waals surface area contributed by atoms with Crippen LogP contribution in [0.25, 0.3) is 11.4 Å². The molecule has 4 nitrogen and oxygen atoms in total. The molecular weight excluding hydrogens is 265 g/mol. The fourth-order valence-electron chi connectivity index (χ4n) is 1.43. The summed E-state index contributed by atoms with van der Waals surface area (Å²) in [6.07, 6.45) is 0. The van der Waals surface area contributed by atoms with E-state index in [0.29, 0.717) is 17.5 Å². The summed E-state index contributed by atoms with van der Waals surface area (Å²) in [6, 6.07) is 5.99. The van der Waals surface area contributed by atoms with Gasteiger partial charge in [-0.15, -0.1) is 0 Å². The van der Waals surface area contributed by atoms with Crippen molar-refractivity contribution in [1.82, 2.24) is 10.1 Å². The number of rotatable bonds is 5. The van der Waals surface area contributed by atoms with Crippen LogP contribution in [-0.2, 0) is 5.75 Å². The van der Waals surface area contributed by atoms with E-state index in [1.54, 1.807) is 23.9 Å². The predicted octanol–water partition coefficient (Wildman–Crippen LogP) is 2.85. The molecule has 1 heterocycles. The van der Waals surface area contributed by atoms with Gasteiger partial charge >= 0.3 is 0 Å². The van der Waals surface area contributed by atoms with E-state index in [2.05, 4.69) is 10.1 Å². The Kier molecular flexibility index (Phi) is 4.21. The van der Waals surface area contributed by atoms with Crippen molar-refractivity contribution in [3.05, 3.63) is 36.0 Å². The first kappa shape index (κ1) is 14.0. The molecule has 0 aliphatic rings. The maximum Gasteiger partial charge on any atom is 0.236 e. The Bertz CT molecular complexity index is 534. The highest BCUT2D eigenvalue weighted by Gasteiger charge is 2.13. The topological polar surface area (TPSA) is 64.9 Å². The maximum absolute atomic E-state index is 12.8. The number of thioether (sulfide) groups is 1. The second-order valence-corrected chi connectivity index (χ2v) is 5.99. The van der Waals surface area contributed by atoms with E-state index in [-0.39, 0.29) is 11.4 Å². The zero-order valence-electron chi connectivity index (χ0n) is 10.9. The van der Waals surface area contributed by atoms with Crippen LogP contribution in [0.3, 0.4) is 0 Å². The van der Waals surface area contributed by atoms with Crippen molar-refractivity contribution >= 4 is 11.8 Å². The molecule has 0 aliphatic heterocycles.